The lowest BCUT2D eigenvalue weighted by Crippen LogP contribution is -2.19. The van der Waals surface area contributed by atoms with E-state index in [-0.39, 0.29) is 6.04 Å². The summed E-state index contributed by atoms with van der Waals surface area (Å²) in [5.74, 6) is -1.05. The van der Waals surface area contributed by atoms with Crippen molar-refractivity contribution in [1.82, 2.24) is 5.32 Å². The van der Waals surface area contributed by atoms with Crippen molar-refractivity contribution >= 4 is 0 Å². The summed E-state index contributed by atoms with van der Waals surface area (Å²) in [7, 11) is 1.84. The molecule has 4 heteroatoms. The lowest BCUT2D eigenvalue weighted by atomic mass is 9.96. The third-order valence-electron chi connectivity index (χ3n) is 3.94. The molecule has 2 nitrogen and oxygen atoms in total. The second-order valence-electron chi connectivity index (χ2n) is 5.30. The van der Waals surface area contributed by atoms with Crippen LogP contribution in [0.25, 0.3) is 0 Å². The number of benzene rings is 2. The van der Waals surface area contributed by atoms with Crippen LogP contribution in [0.2, 0.25) is 0 Å². The van der Waals surface area contributed by atoms with Crippen molar-refractivity contribution in [2.45, 2.75) is 25.7 Å². The maximum absolute atomic E-state index is 13.8. The summed E-state index contributed by atoms with van der Waals surface area (Å²) in [6, 6.07) is 9.91. The lowest BCUT2D eigenvalue weighted by molar-refractivity contribution is 0.134. The van der Waals surface area contributed by atoms with E-state index in [1.165, 1.54) is 23.3 Å². The normalized spacial score (nSPS) is 15.0. The van der Waals surface area contributed by atoms with Gasteiger partial charge in [0, 0.05) is 12.1 Å². The largest absolute Gasteiger partial charge is 0.372 e. The van der Waals surface area contributed by atoms with Crippen molar-refractivity contribution in [3.63, 3.8) is 0 Å². The summed E-state index contributed by atoms with van der Waals surface area (Å²) < 4.78 is 32.2. The summed E-state index contributed by atoms with van der Waals surface area (Å²) >= 11 is 0. The van der Waals surface area contributed by atoms with Crippen LogP contribution in [-0.2, 0) is 24.4 Å². The zero-order valence-electron chi connectivity index (χ0n) is 11.8. The molecule has 1 unspecified atom stereocenters. The minimum atomic E-state index is -0.549. The van der Waals surface area contributed by atoms with Gasteiger partial charge in [0.15, 0.2) is 0 Å². The third kappa shape index (κ3) is 2.96. The Labute approximate surface area is 122 Å². The highest BCUT2D eigenvalue weighted by molar-refractivity contribution is 5.35. The van der Waals surface area contributed by atoms with Crippen LogP contribution in [0.15, 0.2) is 36.4 Å². The van der Waals surface area contributed by atoms with Gasteiger partial charge in [-0.2, -0.15) is 0 Å². The van der Waals surface area contributed by atoms with E-state index >= 15 is 0 Å². The molecule has 0 bridgehead atoms. The number of hydrogen-bond acceptors (Lipinski definition) is 2. The van der Waals surface area contributed by atoms with Gasteiger partial charge in [0.1, 0.15) is 11.6 Å². The summed E-state index contributed by atoms with van der Waals surface area (Å²) in [4.78, 5) is 0. The fraction of sp³-hybridized carbons (Fsp3) is 0.294. The Hall–Kier alpha value is -1.78. The zero-order valence-corrected chi connectivity index (χ0v) is 11.8. The predicted molar refractivity (Wildman–Crippen MR) is 76.8 cm³/mol. The van der Waals surface area contributed by atoms with Crippen molar-refractivity contribution in [2.75, 3.05) is 7.05 Å². The van der Waals surface area contributed by atoms with Gasteiger partial charge in [-0.1, -0.05) is 24.3 Å². The molecule has 1 aliphatic rings. The minimum Gasteiger partial charge on any atom is -0.372 e. The number of halogens is 2. The van der Waals surface area contributed by atoms with E-state index in [1.54, 1.807) is 0 Å². The van der Waals surface area contributed by atoms with Gasteiger partial charge in [-0.15, -0.1) is 0 Å². The van der Waals surface area contributed by atoms with E-state index in [0.29, 0.717) is 25.2 Å². The molecule has 0 fully saturated rings. The lowest BCUT2D eigenvalue weighted by Gasteiger charge is -2.18. The molecule has 0 aliphatic carbocycles. The second-order valence-corrected chi connectivity index (χ2v) is 5.30. The maximum atomic E-state index is 13.8. The van der Waals surface area contributed by atoms with Gasteiger partial charge in [-0.3, -0.25) is 0 Å². The van der Waals surface area contributed by atoms with E-state index in [1.807, 2.05) is 13.1 Å². The molecule has 1 aliphatic heterocycles. The topological polar surface area (TPSA) is 21.3 Å². The Balaban J connectivity index is 1.85. The smallest absolute Gasteiger partial charge is 0.129 e. The fourth-order valence-corrected chi connectivity index (χ4v) is 2.70. The van der Waals surface area contributed by atoms with Gasteiger partial charge in [0.05, 0.1) is 13.2 Å². The summed E-state index contributed by atoms with van der Waals surface area (Å²) in [6.07, 6.45) is 0.474. The van der Waals surface area contributed by atoms with Crippen LogP contribution >= 0.6 is 0 Å². The van der Waals surface area contributed by atoms with E-state index in [4.69, 9.17) is 4.74 Å². The van der Waals surface area contributed by atoms with Crippen molar-refractivity contribution in [3.8, 4) is 0 Å². The molecule has 0 amide bonds. The Morgan fingerprint density at radius 2 is 1.90 bits per heavy atom. The SMILES string of the molecule is CNC(Cc1ccc(F)cc1F)c1ccc2c(c1)COC2. The van der Waals surface area contributed by atoms with Gasteiger partial charge >= 0.3 is 0 Å². The Kier molecular flexibility index (Phi) is 3.99. The molecule has 2 aromatic carbocycles. The van der Waals surface area contributed by atoms with Crippen LogP contribution in [-0.4, -0.2) is 7.05 Å². The van der Waals surface area contributed by atoms with Gasteiger partial charge in [0.2, 0.25) is 0 Å². The third-order valence-corrected chi connectivity index (χ3v) is 3.94. The molecule has 0 saturated heterocycles. The van der Waals surface area contributed by atoms with Crippen LogP contribution < -0.4 is 5.32 Å². The van der Waals surface area contributed by atoms with E-state index in [0.717, 1.165) is 11.6 Å². The van der Waals surface area contributed by atoms with Crippen molar-refractivity contribution in [2.24, 2.45) is 0 Å². The number of fused-ring (bicyclic) bond motifs is 1. The van der Waals surface area contributed by atoms with E-state index in [9.17, 15) is 8.78 Å². The molecular weight excluding hydrogens is 272 g/mol. The van der Waals surface area contributed by atoms with Crippen LogP contribution in [0.5, 0.6) is 0 Å². The molecule has 0 radical (unpaired) electrons. The number of nitrogens with one attached hydrogen (secondary N) is 1. The molecular formula is C17H17F2NO. The highest BCUT2D eigenvalue weighted by atomic mass is 19.1. The van der Waals surface area contributed by atoms with Crippen molar-refractivity contribution in [3.05, 3.63) is 70.3 Å². The van der Waals surface area contributed by atoms with Crippen LogP contribution in [0, 0.1) is 11.6 Å². The Bertz CT molecular complexity index is 657. The standard InChI is InChI=1S/C17H17F2NO/c1-20-17(7-11-4-5-15(18)8-16(11)19)12-2-3-13-9-21-10-14(13)6-12/h2-6,8,17,20H,7,9-10H2,1H3. The van der Waals surface area contributed by atoms with Crippen LogP contribution in [0.3, 0.4) is 0 Å². The number of ether oxygens (including phenoxy) is 1. The zero-order chi connectivity index (χ0) is 14.8. The van der Waals surface area contributed by atoms with Crippen molar-refractivity contribution < 1.29 is 13.5 Å². The molecule has 0 saturated carbocycles. The molecule has 110 valence electrons. The average molecular weight is 289 g/mol. The Morgan fingerprint density at radius 1 is 1.10 bits per heavy atom. The second kappa shape index (κ2) is 5.92. The summed E-state index contributed by atoms with van der Waals surface area (Å²) in [6.45, 7) is 1.29. The first-order chi connectivity index (χ1) is 10.2. The minimum absolute atomic E-state index is 0.0177. The first-order valence-corrected chi connectivity index (χ1v) is 6.98. The van der Waals surface area contributed by atoms with Gasteiger partial charge in [0.25, 0.3) is 0 Å². The first kappa shape index (κ1) is 14.2. The average Bonchev–Trinajstić information content (AvgIpc) is 2.94. The molecule has 1 heterocycles. The summed E-state index contributed by atoms with van der Waals surface area (Å²) in [5, 5.41) is 3.20. The number of hydrogen-bond donors (Lipinski definition) is 1. The fourth-order valence-electron chi connectivity index (χ4n) is 2.70. The highest BCUT2D eigenvalue weighted by Gasteiger charge is 2.17. The predicted octanol–water partition coefficient (Wildman–Crippen LogP) is 3.50. The van der Waals surface area contributed by atoms with Crippen molar-refractivity contribution in [1.29, 1.82) is 0 Å². The van der Waals surface area contributed by atoms with E-state index in [2.05, 4.69) is 17.4 Å². The maximum Gasteiger partial charge on any atom is 0.129 e. The quantitative estimate of drug-likeness (QED) is 0.930. The monoisotopic (exact) mass is 289 g/mol. The van der Waals surface area contributed by atoms with Gasteiger partial charge in [-0.05, 0) is 41.8 Å². The molecule has 21 heavy (non-hydrogen) atoms. The first-order valence-electron chi connectivity index (χ1n) is 6.98. The van der Waals surface area contributed by atoms with Gasteiger partial charge in [-0.25, -0.2) is 8.78 Å². The van der Waals surface area contributed by atoms with Crippen LogP contribution in [0.4, 0.5) is 8.78 Å². The Morgan fingerprint density at radius 3 is 2.67 bits per heavy atom. The van der Waals surface area contributed by atoms with Crippen LogP contribution in [0.1, 0.15) is 28.3 Å². The molecule has 2 aromatic rings. The number of rotatable bonds is 4. The molecule has 0 aromatic heterocycles. The summed E-state index contributed by atoms with van der Waals surface area (Å²) in [5.41, 5.74) is 3.99. The molecule has 1 atom stereocenters. The number of likely N-dealkylation sites (N-methyl/N-ethyl adjacent to an activating group) is 1. The molecule has 3 rings (SSSR count). The van der Waals surface area contributed by atoms with Gasteiger partial charge < -0.3 is 10.1 Å². The highest BCUT2D eigenvalue weighted by Crippen LogP contribution is 2.26. The molecule has 1 N–H and O–H groups in total. The van der Waals surface area contributed by atoms with E-state index < -0.39 is 11.6 Å². The molecule has 0 spiro atoms.